The molecule has 1 aliphatic heterocycles. The lowest BCUT2D eigenvalue weighted by Gasteiger charge is -2.37. The number of carbonyl (C=O) groups is 1. The van der Waals surface area contributed by atoms with Crippen molar-refractivity contribution >= 4 is 17.4 Å². The van der Waals surface area contributed by atoms with Crippen molar-refractivity contribution in [1.29, 1.82) is 0 Å². The standard InChI is InChI=1S/C26H25N5O/c1-26(2)16-23(22-13-6-7-14-27-22)30-24-21(17-28-31(24)26)25(32)29-20-12-8-11-19(15-20)18-9-4-3-5-10-18/h3-15,17,23,30H,16H2,1-2H3,(H,29,32). The third-order valence-corrected chi connectivity index (χ3v) is 5.87. The SMILES string of the molecule is CC1(C)CC(c2ccccn2)Nc2c(C(=O)Nc3cccc(-c4ccccc4)c3)cnn21. The van der Waals surface area contributed by atoms with E-state index in [1.807, 2.05) is 65.3 Å². The number of amides is 1. The number of nitrogens with one attached hydrogen (secondary N) is 2. The highest BCUT2D eigenvalue weighted by Crippen LogP contribution is 2.39. The Morgan fingerprint density at radius 1 is 1.03 bits per heavy atom. The minimum absolute atomic E-state index is 0.00311. The number of carbonyl (C=O) groups excluding carboxylic acids is 1. The van der Waals surface area contributed by atoms with E-state index in [-0.39, 0.29) is 17.5 Å². The fraction of sp³-hybridized carbons (Fsp3) is 0.192. The Labute approximate surface area is 187 Å². The van der Waals surface area contributed by atoms with Gasteiger partial charge in [0.25, 0.3) is 5.91 Å². The molecule has 160 valence electrons. The summed E-state index contributed by atoms with van der Waals surface area (Å²) in [6, 6.07) is 23.9. The predicted octanol–water partition coefficient (Wildman–Crippen LogP) is 5.49. The maximum atomic E-state index is 13.2. The van der Waals surface area contributed by atoms with Crippen molar-refractivity contribution < 1.29 is 4.79 Å². The molecule has 1 unspecified atom stereocenters. The van der Waals surface area contributed by atoms with Crippen LogP contribution in [0.4, 0.5) is 11.5 Å². The summed E-state index contributed by atoms with van der Waals surface area (Å²) in [4.78, 5) is 17.7. The zero-order chi connectivity index (χ0) is 22.1. The molecule has 2 aromatic heterocycles. The third kappa shape index (κ3) is 3.75. The Hall–Kier alpha value is -3.93. The quantitative estimate of drug-likeness (QED) is 0.455. The number of anilines is 2. The highest BCUT2D eigenvalue weighted by Gasteiger charge is 2.37. The molecule has 0 saturated carbocycles. The summed E-state index contributed by atoms with van der Waals surface area (Å²) in [5, 5.41) is 11.1. The van der Waals surface area contributed by atoms with Crippen LogP contribution >= 0.6 is 0 Å². The Bertz CT molecular complexity index is 1250. The summed E-state index contributed by atoms with van der Waals surface area (Å²) in [5.41, 5.74) is 4.11. The van der Waals surface area contributed by atoms with Gasteiger partial charge in [-0.05, 0) is 55.7 Å². The summed E-state index contributed by atoms with van der Waals surface area (Å²) in [5.74, 6) is 0.523. The molecule has 1 amide bonds. The molecule has 1 aliphatic rings. The zero-order valence-electron chi connectivity index (χ0n) is 18.1. The van der Waals surface area contributed by atoms with E-state index in [4.69, 9.17) is 0 Å². The number of fused-ring (bicyclic) bond motifs is 1. The summed E-state index contributed by atoms with van der Waals surface area (Å²) in [7, 11) is 0. The van der Waals surface area contributed by atoms with Crippen molar-refractivity contribution in [3.8, 4) is 11.1 Å². The Morgan fingerprint density at radius 3 is 2.59 bits per heavy atom. The topological polar surface area (TPSA) is 71.8 Å². The van der Waals surface area contributed by atoms with Crippen LogP contribution < -0.4 is 10.6 Å². The highest BCUT2D eigenvalue weighted by atomic mass is 16.1. The lowest BCUT2D eigenvalue weighted by molar-refractivity contribution is 0.102. The van der Waals surface area contributed by atoms with Gasteiger partial charge in [-0.1, -0.05) is 48.5 Å². The molecule has 0 spiro atoms. The molecule has 5 rings (SSSR count). The van der Waals surface area contributed by atoms with Gasteiger partial charge in [-0.3, -0.25) is 9.78 Å². The summed E-state index contributed by atoms with van der Waals surface area (Å²) in [6.07, 6.45) is 4.25. The number of benzene rings is 2. The van der Waals surface area contributed by atoms with E-state index in [0.717, 1.165) is 28.9 Å². The zero-order valence-corrected chi connectivity index (χ0v) is 18.1. The van der Waals surface area contributed by atoms with E-state index in [2.05, 4.69) is 46.7 Å². The van der Waals surface area contributed by atoms with Crippen LogP contribution in [0.1, 0.15) is 42.4 Å². The van der Waals surface area contributed by atoms with Crippen molar-refractivity contribution in [2.45, 2.75) is 31.8 Å². The van der Waals surface area contributed by atoms with Crippen molar-refractivity contribution in [2.75, 3.05) is 10.6 Å². The number of hydrogen-bond acceptors (Lipinski definition) is 4. The van der Waals surface area contributed by atoms with Gasteiger partial charge in [0.1, 0.15) is 11.4 Å². The first-order valence-corrected chi connectivity index (χ1v) is 10.7. The van der Waals surface area contributed by atoms with Gasteiger partial charge in [-0.25, -0.2) is 4.68 Å². The molecule has 3 heterocycles. The van der Waals surface area contributed by atoms with Gasteiger partial charge in [0.15, 0.2) is 0 Å². The lowest BCUT2D eigenvalue weighted by Crippen LogP contribution is -2.38. The van der Waals surface area contributed by atoms with E-state index in [0.29, 0.717) is 11.4 Å². The van der Waals surface area contributed by atoms with Crippen molar-refractivity contribution in [3.63, 3.8) is 0 Å². The second-order valence-electron chi connectivity index (χ2n) is 8.69. The number of aromatic nitrogens is 3. The van der Waals surface area contributed by atoms with Gasteiger partial charge < -0.3 is 10.6 Å². The Balaban J connectivity index is 1.43. The molecule has 2 aromatic carbocycles. The predicted molar refractivity (Wildman–Crippen MR) is 127 cm³/mol. The molecule has 0 saturated heterocycles. The number of hydrogen-bond donors (Lipinski definition) is 2. The average molecular weight is 424 g/mol. The minimum atomic E-state index is -0.255. The first-order chi connectivity index (χ1) is 15.5. The van der Waals surface area contributed by atoms with E-state index >= 15 is 0 Å². The molecule has 4 aromatic rings. The minimum Gasteiger partial charge on any atom is -0.361 e. The van der Waals surface area contributed by atoms with E-state index < -0.39 is 0 Å². The second-order valence-corrected chi connectivity index (χ2v) is 8.69. The number of nitrogens with zero attached hydrogens (tertiary/aromatic N) is 3. The van der Waals surface area contributed by atoms with Crippen LogP contribution in [-0.2, 0) is 5.54 Å². The van der Waals surface area contributed by atoms with Crippen molar-refractivity contribution in [1.82, 2.24) is 14.8 Å². The fourth-order valence-electron chi connectivity index (χ4n) is 4.28. The molecule has 32 heavy (non-hydrogen) atoms. The number of pyridine rings is 1. The third-order valence-electron chi connectivity index (χ3n) is 5.87. The smallest absolute Gasteiger partial charge is 0.261 e. The molecule has 1 atom stereocenters. The Kier molecular flexibility index (Phi) is 4.98. The molecule has 6 nitrogen and oxygen atoms in total. The maximum absolute atomic E-state index is 13.2. The van der Waals surface area contributed by atoms with E-state index in [1.54, 1.807) is 12.4 Å². The lowest BCUT2D eigenvalue weighted by atomic mass is 9.91. The second kappa shape index (κ2) is 7.96. The van der Waals surface area contributed by atoms with Gasteiger partial charge in [-0.15, -0.1) is 0 Å². The normalized spacial score (nSPS) is 16.6. The largest absolute Gasteiger partial charge is 0.361 e. The molecule has 0 bridgehead atoms. The highest BCUT2D eigenvalue weighted by molar-refractivity contribution is 6.07. The molecule has 2 N–H and O–H groups in total. The molecule has 0 aliphatic carbocycles. The van der Waals surface area contributed by atoms with Gasteiger partial charge >= 0.3 is 0 Å². The molecule has 6 heteroatoms. The summed E-state index contributed by atoms with van der Waals surface area (Å²) < 4.78 is 1.90. The summed E-state index contributed by atoms with van der Waals surface area (Å²) >= 11 is 0. The number of rotatable bonds is 4. The van der Waals surface area contributed by atoms with Crippen molar-refractivity contribution in [2.24, 2.45) is 0 Å². The van der Waals surface area contributed by atoms with Crippen LogP contribution in [0.3, 0.4) is 0 Å². The fourth-order valence-corrected chi connectivity index (χ4v) is 4.28. The molecule has 0 fully saturated rings. The van der Waals surface area contributed by atoms with E-state index in [9.17, 15) is 4.79 Å². The van der Waals surface area contributed by atoms with Crippen LogP contribution in [0.2, 0.25) is 0 Å². The van der Waals surface area contributed by atoms with Crippen LogP contribution in [0.15, 0.2) is 85.2 Å². The van der Waals surface area contributed by atoms with E-state index in [1.165, 1.54) is 0 Å². The Morgan fingerprint density at radius 2 is 1.81 bits per heavy atom. The molecule has 0 radical (unpaired) electrons. The molecular formula is C26H25N5O. The molecular weight excluding hydrogens is 398 g/mol. The van der Waals surface area contributed by atoms with Crippen LogP contribution in [0.25, 0.3) is 11.1 Å². The first-order valence-electron chi connectivity index (χ1n) is 10.7. The first kappa shape index (κ1) is 20.0. The van der Waals surface area contributed by atoms with Crippen molar-refractivity contribution in [3.05, 3.63) is 96.4 Å². The van der Waals surface area contributed by atoms with Crippen LogP contribution in [-0.4, -0.2) is 20.7 Å². The van der Waals surface area contributed by atoms with Gasteiger partial charge in [0, 0.05) is 11.9 Å². The van der Waals surface area contributed by atoms with Crippen LogP contribution in [0.5, 0.6) is 0 Å². The summed E-state index contributed by atoms with van der Waals surface area (Å²) in [6.45, 7) is 4.26. The monoisotopic (exact) mass is 423 g/mol. The maximum Gasteiger partial charge on any atom is 0.261 e. The van der Waals surface area contributed by atoms with Gasteiger partial charge in [0.2, 0.25) is 0 Å². The van der Waals surface area contributed by atoms with Crippen LogP contribution in [0, 0.1) is 0 Å². The van der Waals surface area contributed by atoms with Gasteiger partial charge in [-0.2, -0.15) is 5.10 Å². The van der Waals surface area contributed by atoms with Gasteiger partial charge in [0.05, 0.1) is 23.5 Å². The average Bonchev–Trinajstić information content (AvgIpc) is 3.25.